The van der Waals surface area contributed by atoms with Gasteiger partial charge in [-0.15, -0.1) is 0 Å². The molecule has 1 heterocycles. The summed E-state index contributed by atoms with van der Waals surface area (Å²) in [6, 6.07) is 16.7. The number of amides is 1. The molecule has 0 bridgehead atoms. The summed E-state index contributed by atoms with van der Waals surface area (Å²) in [4.78, 5) is 21.1. The number of rotatable bonds is 3. The lowest BCUT2D eigenvalue weighted by Gasteiger charge is -2.09. The maximum Gasteiger partial charge on any atom is 0.259 e. The fourth-order valence-electron chi connectivity index (χ4n) is 2.17. The molecule has 23 heavy (non-hydrogen) atoms. The van der Waals surface area contributed by atoms with Gasteiger partial charge in [-0.1, -0.05) is 54.1 Å². The number of aryl methyl sites for hydroxylation is 1. The van der Waals surface area contributed by atoms with Crippen molar-refractivity contribution in [3.05, 3.63) is 77.1 Å². The second kappa shape index (κ2) is 6.58. The van der Waals surface area contributed by atoms with Gasteiger partial charge in [0.15, 0.2) is 5.82 Å². The summed E-state index contributed by atoms with van der Waals surface area (Å²) in [7, 11) is 0. The summed E-state index contributed by atoms with van der Waals surface area (Å²) in [5.41, 5.74) is 2.51. The van der Waals surface area contributed by atoms with Crippen LogP contribution in [0.4, 0.5) is 5.69 Å². The summed E-state index contributed by atoms with van der Waals surface area (Å²) in [5.74, 6) is 0.313. The van der Waals surface area contributed by atoms with Crippen LogP contribution in [0.1, 0.15) is 16.1 Å². The minimum atomic E-state index is -0.282. The Morgan fingerprint density at radius 1 is 1.04 bits per heavy atom. The van der Waals surface area contributed by atoms with Crippen molar-refractivity contribution >= 4 is 23.2 Å². The topological polar surface area (TPSA) is 54.9 Å². The van der Waals surface area contributed by atoms with E-state index in [1.807, 2.05) is 36.4 Å². The molecular formula is C18H14ClN3O. The van der Waals surface area contributed by atoms with Gasteiger partial charge in [0.2, 0.25) is 0 Å². The van der Waals surface area contributed by atoms with Gasteiger partial charge in [-0.05, 0) is 19.1 Å². The molecule has 0 atom stereocenters. The third-order valence-corrected chi connectivity index (χ3v) is 3.71. The quantitative estimate of drug-likeness (QED) is 0.779. The first-order valence-corrected chi connectivity index (χ1v) is 7.48. The Labute approximate surface area is 139 Å². The van der Waals surface area contributed by atoms with E-state index in [-0.39, 0.29) is 5.91 Å². The molecule has 3 rings (SSSR count). The van der Waals surface area contributed by atoms with Crippen molar-refractivity contribution < 1.29 is 4.79 Å². The highest BCUT2D eigenvalue weighted by molar-refractivity contribution is 6.33. The summed E-state index contributed by atoms with van der Waals surface area (Å²) >= 11 is 6.05. The molecule has 1 amide bonds. The average molecular weight is 324 g/mol. The predicted octanol–water partition coefficient (Wildman–Crippen LogP) is 4.36. The van der Waals surface area contributed by atoms with Gasteiger partial charge < -0.3 is 5.32 Å². The third kappa shape index (κ3) is 3.38. The molecule has 114 valence electrons. The van der Waals surface area contributed by atoms with Crippen LogP contribution >= 0.6 is 11.6 Å². The summed E-state index contributed by atoms with van der Waals surface area (Å²) in [5, 5.41) is 3.26. The summed E-state index contributed by atoms with van der Waals surface area (Å²) < 4.78 is 0. The minimum Gasteiger partial charge on any atom is -0.321 e. The fourth-order valence-corrected chi connectivity index (χ4v) is 2.35. The van der Waals surface area contributed by atoms with Crippen LogP contribution < -0.4 is 5.32 Å². The molecule has 0 saturated heterocycles. The van der Waals surface area contributed by atoms with E-state index in [1.165, 1.54) is 6.20 Å². The molecule has 1 N–H and O–H groups in total. The monoisotopic (exact) mass is 323 g/mol. The average Bonchev–Trinajstić information content (AvgIpc) is 2.57. The molecule has 0 fully saturated rings. The summed E-state index contributed by atoms with van der Waals surface area (Å²) in [6.45, 7) is 1.79. The van der Waals surface area contributed by atoms with Crippen LogP contribution in [0.25, 0.3) is 11.4 Å². The van der Waals surface area contributed by atoms with Gasteiger partial charge in [0.25, 0.3) is 5.91 Å². The number of benzene rings is 2. The molecule has 3 aromatic rings. The predicted molar refractivity (Wildman–Crippen MR) is 91.6 cm³/mol. The van der Waals surface area contributed by atoms with E-state index in [0.29, 0.717) is 27.8 Å². The maximum atomic E-state index is 12.4. The van der Waals surface area contributed by atoms with E-state index in [0.717, 1.165) is 5.56 Å². The number of carbonyl (C=O) groups is 1. The van der Waals surface area contributed by atoms with Gasteiger partial charge >= 0.3 is 0 Å². The molecule has 0 radical (unpaired) electrons. The lowest BCUT2D eigenvalue weighted by molar-refractivity contribution is 0.102. The molecule has 0 unspecified atom stereocenters. The number of nitrogens with one attached hydrogen (secondary N) is 1. The molecule has 0 aliphatic carbocycles. The van der Waals surface area contributed by atoms with Crippen LogP contribution in [-0.2, 0) is 0 Å². The molecule has 0 aliphatic rings. The Balaban J connectivity index is 1.86. The first-order valence-electron chi connectivity index (χ1n) is 7.10. The molecule has 0 saturated carbocycles. The Morgan fingerprint density at radius 3 is 2.43 bits per heavy atom. The second-order valence-corrected chi connectivity index (χ2v) is 5.40. The van der Waals surface area contributed by atoms with Crippen LogP contribution in [0.3, 0.4) is 0 Å². The number of para-hydroxylation sites is 1. The van der Waals surface area contributed by atoms with Gasteiger partial charge in [-0.2, -0.15) is 0 Å². The standard InChI is InChI=1S/C18H14ClN3O/c1-12-14(18(23)22-16-10-6-5-9-15(16)19)11-20-17(21-12)13-7-3-2-4-8-13/h2-11H,1H3,(H,22,23). The number of halogens is 1. The van der Waals surface area contributed by atoms with E-state index < -0.39 is 0 Å². The Kier molecular flexibility index (Phi) is 4.35. The van der Waals surface area contributed by atoms with Gasteiger partial charge in [0.1, 0.15) is 0 Å². The molecule has 1 aromatic heterocycles. The highest BCUT2D eigenvalue weighted by Gasteiger charge is 2.13. The zero-order valence-corrected chi connectivity index (χ0v) is 13.2. The number of anilines is 1. The Morgan fingerprint density at radius 2 is 1.74 bits per heavy atom. The highest BCUT2D eigenvalue weighted by Crippen LogP contribution is 2.22. The normalized spacial score (nSPS) is 10.3. The second-order valence-electron chi connectivity index (χ2n) is 4.99. The van der Waals surface area contributed by atoms with Crippen molar-refractivity contribution in [3.8, 4) is 11.4 Å². The van der Waals surface area contributed by atoms with E-state index in [9.17, 15) is 4.79 Å². The van der Waals surface area contributed by atoms with Crippen molar-refractivity contribution in [2.75, 3.05) is 5.32 Å². The number of aromatic nitrogens is 2. The van der Waals surface area contributed by atoms with Gasteiger partial charge in [0.05, 0.1) is 22.0 Å². The smallest absolute Gasteiger partial charge is 0.259 e. The Hall–Kier alpha value is -2.72. The first-order chi connectivity index (χ1) is 11.1. The van der Waals surface area contributed by atoms with Gasteiger partial charge in [0, 0.05) is 11.8 Å². The minimum absolute atomic E-state index is 0.282. The van der Waals surface area contributed by atoms with E-state index in [4.69, 9.17) is 11.6 Å². The molecule has 0 spiro atoms. The SMILES string of the molecule is Cc1nc(-c2ccccc2)ncc1C(=O)Nc1ccccc1Cl. The zero-order valence-electron chi connectivity index (χ0n) is 12.5. The largest absolute Gasteiger partial charge is 0.321 e. The van der Waals surface area contributed by atoms with Gasteiger partial charge in [-0.3, -0.25) is 4.79 Å². The number of hydrogen-bond acceptors (Lipinski definition) is 3. The summed E-state index contributed by atoms with van der Waals surface area (Å²) in [6.07, 6.45) is 1.54. The van der Waals surface area contributed by atoms with Crippen molar-refractivity contribution in [1.82, 2.24) is 9.97 Å². The van der Waals surface area contributed by atoms with E-state index in [1.54, 1.807) is 25.1 Å². The lowest BCUT2D eigenvalue weighted by atomic mass is 10.2. The molecular weight excluding hydrogens is 310 g/mol. The molecule has 2 aromatic carbocycles. The molecule has 5 heteroatoms. The molecule has 4 nitrogen and oxygen atoms in total. The van der Waals surface area contributed by atoms with Crippen LogP contribution in [0.15, 0.2) is 60.8 Å². The zero-order chi connectivity index (χ0) is 16.2. The fraction of sp³-hybridized carbons (Fsp3) is 0.0556. The number of nitrogens with zero attached hydrogens (tertiary/aromatic N) is 2. The number of hydrogen-bond donors (Lipinski definition) is 1. The number of carbonyl (C=O) groups excluding carboxylic acids is 1. The maximum absolute atomic E-state index is 12.4. The highest BCUT2D eigenvalue weighted by atomic mass is 35.5. The lowest BCUT2D eigenvalue weighted by Crippen LogP contribution is -2.15. The molecule has 0 aliphatic heterocycles. The van der Waals surface area contributed by atoms with Crippen LogP contribution in [-0.4, -0.2) is 15.9 Å². The van der Waals surface area contributed by atoms with Crippen LogP contribution in [0.5, 0.6) is 0 Å². The van der Waals surface area contributed by atoms with Crippen LogP contribution in [0.2, 0.25) is 5.02 Å². The van der Waals surface area contributed by atoms with Crippen molar-refractivity contribution in [2.45, 2.75) is 6.92 Å². The van der Waals surface area contributed by atoms with Gasteiger partial charge in [-0.25, -0.2) is 9.97 Å². The van der Waals surface area contributed by atoms with Crippen molar-refractivity contribution in [3.63, 3.8) is 0 Å². The first kappa shape index (κ1) is 15.2. The van der Waals surface area contributed by atoms with Crippen LogP contribution in [0, 0.1) is 6.92 Å². The third-order valence-electron chi connectivity index (χ3n) is 3.38. The van der Waals surface area contributed by atoms with E-state index >= 15 is 0 Å². The Bertz CT molecular complexity index is 850. The van der Waals surface area contributed by atoms with E-state index in [2.05, 4.69) is 15.3 Å². The van der Waals surface area contributed by atoms with Crippen molar-refractivity contribution in [1.29, 1.82) is 0 Å². The van der Waals surface area contributed by atoms with Crippen molar-refractivity contribution in [2.24, 2.45) is 0 Å².